The Hall–Kier alpha value is -1.83. The number of imidazole rings is 1. The molecule has 0 aliphatic heterocycles. The molecule has 1 radical (unpaired) electrons. The molecule has 1 atom stereocenters. The summed E-state index contributed by atoms with van der Waals surface area (Å²) in [6.07, 6.45) is 1.53. The monoisotopic (exact) mass is 442 g/mol. The number of alkyl halides is 2. The number of ether oxygens (including phenoxy) is 3. The Labute approximate surface area is 189 Å². The van der Waals surface area contributed by atoms with Crippen molar-refractivity contribution in [1.29, 1.82) is 0 Å². The molecule has 0 fully saturated rings. The van der Waals surface area contributed by atoms with Gasteiger partial charge in [-0.15, -0.1) is 0 Å². The van der Waals surface area contributed by atoms with Gasteiger partial charge in [0.1, 0.15) is 5.75 Å². The number of nitrogens with zero attached hydrogens (tertiary/aromatic N) is 2. The zero-order chi connectivity index (χ0) is 18.7. The molecular formula is C16H19F2N3NaO6S. The van der Waals surface area contributed by atoms with Crippen molar-refractivity contribution in [3.8, 4) is 17.2 Å². The van der Waals surface area contributed by atoms with E-state index in [0.29, 0.717) is 28.2 Å². The minimum atomic E-state index is -2.92. The number of aromatic nitrogens is 3. The fraction of sp³-hybridized carbons (Fsp3) is 0.250. The number of fused-ring (bicyclic) bond motifs is 1. The number of halogens is 2. The molecule has 0 aliphatic carbocycles. The van der Waals surface area contributed by atoms with E-state index in [4.69, 9.17) is 9.47 Å². The average Bonchev–Trinajstić information content (AvgIpc) is 3.04. The van der Waals surface area contributed by atoms with Crippen molar-refractivity contribution < 1.29 is 38.2 Å². The minimum Gasteiger partial charge on any atom is -0.493 e. The summed E-state index contributed by atoms with van der Waals surface area (Å²) in [7, 11) is 1.41. The Kier molecular flexibility index (Phi) is 11.2. The summed E-state index contributed by atoms with van der Waals surface area (Å²) >= 11 is 0. The molecule has 155 valence electrons. The van der Waals surface area contributed by atoms with Gasteiger partial charge in [0.15, 0.2) is 16.7 Å². The van der Waals surface area contributed by atoms with Crippen molar-refractivity contribution in [3.63, 3.8) is 0 Å². The zero-order valence-electron chi connectivity index (χ0n) is 15.9. The first-order chi connectivity index (χ1) is 12.5. The van der Waals surface area contributed by atoms with Gasteiger partial charge in [0.2, 0.25) is 0 Å². The Morgan fingerprint density at radius 3 is 2.52 bits per heavy atom. The first-order valence-corrected chi connectivity index (χ1v) is 8.72. The van der Waals surface area contributed by atoms with E-state index in [1.54, 1.807) is 6.07 Å². The molecule has 2 heterocycles. The maximum absolute atomic E-state index is 12.6. The number of benzene rings is 1. The van der Waals surface area contributed by atoms with E-state index in [-0.39, 0.29) is 57.2 Å². The van der Waals surface area contributed by atoms with Crippen molar-refractivity contribution in [1.82, 2.24) is 15.0 Å². The molecule has 2 aromatic heterocycles. The Morgan fingerprint density at radius 2 is 1.90 bits per heavy atom. The van der Waals surface area contributed by atoms with E-state index in [9.17, 15) is 13.0 Å². The summed E-state index contributed by atoms with van der Waals surface area (Å²) < 4.78 is 52.1. The molecule has 0 spiro atoms. The summed E-state index contributed by atoms with van der Waals surface area (Å²) in [6.45, 7) is -2.92. The van der Waals surface area contributed by atoms with Crippen LogP contribution in [0.25, 0.3) is 11.0 Å². The van der Waals surface area contributed by atoms with E-state index in [2.05, 4.69) is 19.7 Å². The molecule has 5 N–H and O–H groups in total. The van der Waals surface area contributed by atoms with Crippen LogP contribution in [0.4, 0.5) is 8.78 Å². The van der Waals surface area contributed by atoms with Crippen molar-refractivity contribution >= 4 is 51.4 Å². The van der Waals surface area contributed by atoms with E-state index in [0.717, 1.165) is 0 Å². The molecule has 0 bridgehead atoms. The van der Waals surface area contributed by atoms with E-state index in [1.165, 1.54) is 38.6 Å². The van der Waals surface area contributed by atoms with Crippen LogP contribution < -0.4 is 14.2 Å². The number of aromatic amines is 1. The van der Waals surface area contributed by atoms with Gasteiger partial charge in [-0.25, -0.2) is 4.98 Å². The number of hydrogen-bond acceptors (Lipinski definition) is 6. The van der Waals surface area contributed by atoms with Gasteiger partial charge in [-0.1, -0.05) is 0 Å². The second-order valence-electron chi connectivity index (χ2n) is 5.08. The normalized spacial score (nSPS) is 11.1. The summed E-state index contributed by atoms with van der Waals surface area (Å²) in [5.74, 6) is 0.908. The third-order valence-corrected chi connectivity index (χ3v) is 4.67. The Morgan fingerprint density at radius 1 is 1.17 bits per heavy atom. The molecule has 29 heavy (non-hydrogen) atoms. The summed E-state index contributed by atoms with van der Waals surface area (Å²) in [5.41, 5.74) is 1.38. The third-order valence-electron chi connectivity index (χ3n) is 3.51. The van der Waals surface area contributed by atoms with Gasteiger partial charge in [0, 0.05) is 47.9 Å². The van der Waals surface area contributed by atoms with Crippen LogP contribution in [0.15, 0.2) is 35.6 Å². The van der Waals surface area contributed by atoms with E-state index < -0.39 is 17.4 Å². The average molecular weight is 442 g/mol. The van der Waals surface area contributed by atoms with Crippen LogP contribution in [-0.4, -0.2) is 80.5 Å². The van der Waals surface area contributed by atoms with E-state index >= 15 is 0 Å². The number of rotatable bonds is 7. The molecule has 9 nitrogen and oxygen atoms in total. The summed E-state index contributed by atoms with van der Waals surface area (Å²) in [4.78, 5) is 11.3. The summed E-state index contributed by atoms with van der Waals surface area (Å²) in [5, 5.41) is 0.195. The zero-order valence-corrected chi connectivity index (χ0v) is 18.7. The molecular weight excluding hydrogens is 423 g/mol. The van der Waals surface area contributed by atoms with Crippen molar-refractivity contribution in [3.05, 3.63) is 36.2 Å². The van der Waals surface area contributed by atoms with Gasteiger partial charge < -0.3 is 30.1 Å². The molecule has 0 saturated carbocycles. The third kappa shape index (κ3) is 6.32. The van der Waals surface area contributed by atoms with Gasteiger partial charge in [-0.2, -0.15) is 8.78 Å². The Bertz CT molecular complexity index is 960. The first kappa shape index (κ1) is 27.2. The molecule has 3 aromatic rings. The topological polar surface area (TPSA) is 149 Å². The van der Waals surface area contributed by atoms with Crippen LogP contribution in [0.1, 0.15) is 5.69 Å². The Balaban J connectivity index is 0.00000261. The fourth-order valence-corrected chi connectivity index (χ4v) is 3.41. The van der Waals surface area contributed by atoms with Gasteiger partial charge in [-0.05, 0) is 12.1 Å². The summed E-state index contributed by atoms with van der Waals surface area (Å²) in [6, 6.07) is 5.89. The number of H-pyrrole nitrogens is 1. The molecule has 0 aliphatic rings. The van der Waals surface area contributed by atoms with Gasteiger partial charge >= 0.3 is 6.61 Å². The standard InChI is InChI=1S/C16H15F2N3O4S.Na.2H2O/c1-23-13-5-6-19-12(14(13)24-2)8-26(22)16-20-10-4-3-9(25-15(17)18)7-11(10)21-16;;;/h3-7,15H,8H2,1-2H3,(H,20,21);;2*1H2. The van der Waals surface area contributed by atoms with Gasteiger partial charge in [0.05, 0.1) is 47.5 Å². The maximum atomic E-state index is 12.6. The van der Waals surface area contributed by atoms with Crippen LogP contribution in [-0.2, 0) is 16.6 Å². The molecule has 3 rings (SSSR count). The maximum Gasteiger partial charge on any atom is 0.387 e. The van der Waals surface area contributed by atoms with Crippen LogP contribution in [0.2, 0.25) is 0 Å². The quantitative estimate of drug-likeness (QED) is 0.536. The smallest absolute Gasteiger partial charge is 0.387 e. The largest absolute Gasteiger partial charge is 0.493 e. The predicted molar refractivity (Wildman–Crippen MR) is 103 cm³/mol. The van der Waals surface area contributed by atoms with Crippen molar-refractivity contribution in [2.45, 2.75) is 17.5 Å². The molecule has 1 aromatic carbocycles. The van der Waals surface area contributed by atoms with Crippen molar-refractivity contribution in [2.24, 2.45) is 0 Å². The number of methoxy groups -OCH3 is 2. The van der Waals surface area contributed by atoms with Crippen molar-refractivity contribution in [2.75, 3.05) is 14.2 Å². The number of hydrogen-bond donors (Lipinski definition) is 1. The molecule has 1 unspecified atom stereocenters. The number of pyridine rings is 1. The molecule has 13 heteroatoms. The van der Waals surface area contributed by atoms with E-state index in [1.807, 2.05) is 0 Å². The molecule has 0 saturated heterocycles. The van der Waals surface area contributed by atoms with Crippen LogP contribution in [0, 0.1) is 0 Å². The van der Waals surface area contributed by atoms with Crippen LogP contribution in [0.3, 0.4) is 0 Å². The molecule has 0 amide bonds. The first-order valence-electron chi connectivity index (χ1n) is 7.40. The van der Waals surface area contributed by atoms with Crippen LogP contribution in [0.5, 0.6) is 17.2 Å². The fourth-order valence-electron chi connectivity index (χ4n) is 2.40. The number of nitrogens with one attached hydrogen (secondary N) is 1. The van der Waals surface area contributed by atoms with Gasteiger partial charge in [-0.3, -0.25) is 9.19 Å². The SMILES string of the molecule is COc1ccnc(CS(=O)c2nc3ccc(OC(F)F)cc3[nH]2)c1OC.O.O.[Na]. The second kappa shape index (κ2) is 12.0. The second-order valence-corrected chi connectivity index (χ2v) is 6.45. The van der Waals surface area contributed by atoms with Crippen LogP contribution >= 0.6 is 0 Å². The predicted octanol–water partition coefficient (Wildman–Crippen LogP) is 0.854. The minimum absolute atomic E-state index is 0. The van der Waals surface area contributed by atoms with Gasteiger partial charge in [0.25, 0.3) is 0 Å².